The Balaban J connectivity index is 2.01. The predicted molar refractivity (Wildman–Crippen MR) is 80.4 cm³/mol. The third-order valence-corrected chi connectivity index (χ3v) is 4.21. The summed E-state index contributed by atoms with van der Waals surface area (Å²) < 4.78 is 5.53. The number of hydrogen-bond acceptors (Lipinski definition) is 2. The van der Waals surface area contributed by atoms with Gasteiger partial charge in [-0.05, 0) is 57.6 Å². The molecule has 0 fully saturated rings. The average molecular weight is 261 g/mol. The Labute approximate surface area is 117 Å². The minimum Gasteiger partial charge on any atom is -0.379 e. The van der Waals surface area contributed by atoms with Gasteiger partial charge in [-0.1, -0.05) is 24.3 Å². The Morgan fingerprint density at radius 3 is 2.84 bits per heavy atom. The number of nitrogens with one attached hydrogen (secondary N) is 1. The fraction of sp³-hybridized carbons (Fsp3) is 0.647. The molecule has 1 aromatic carbocycles. The standard InChI is InChI=1S/C17H27NO/c1-13(12-17(2,3)19-4)18-16-11-7-9-14-8-5-6-10-15(14)16/h5-6,8,10,13,16,18H,7,9,11-12H2,1-4H3. The van der Waals surface area contributed by atoms with E-state index in [9.17, 15) is 0 Å². The molecule has 0 saturated carbocycles. The van der Waals surface area contributed by atoms with Crippen LogP contribution in [0, 0.1) is 0 Å². The first-order valence-electron chi connectivity index (χ1n) is 7.41. The topological polar surface area (TPSA) is 21.3 Å². The van der Waals surface area contributed by atoms with E-state index in [-0.39, 0.29) is 5.60 Å². The van der Waals surface area contributed by atoms with Gasteiger partial charge in [-0.25, -0.2) is 0 Å². The van der Waals surface area contributed by atoms with E-state index in [0.717, 1.165) is 6.42 Å². The van der Waals surface area contributed by atoms with Crippen molar-refractivity contribution in [3.63, 3.8) is 0 Å². The maximum Gasteiger partial charge on any atom is 0.0637 e. The van der Waals surface area contributed by atoms with Crippen molar-refractivity contribution in [2.45, 2.75) is 64.1 Å². The summed E-state index contributed by atoms with van der Waals surface area (Å²) in [4.78, 5) is 0. The van der Waals surface area contributed by atoms with Crippen molar-refractivity contribution in [2.75, 3.05) is 7.11 Å². The molecule has 2 unspecified atom stereocenters. The quantitative estimate of drug-likeness (QED) is 0.869. The number of rotatable bonds is 5. The molecule has 2 atom stereocenters. The van der Waals surface area contributed by atoms with Crippen LogP contribution in [0.15, 0.2) is 24.3 Å². The van der Waals surface area contributed by atoms with Gasteiger partial charge in [-0.2, -0.15) is 0 Å². The van der Waals surface area contributed by atoms with Gasteiger partial charge in [0.25, 0.3) is 0 Å². The molecule has 1 aliphatic carbocycles. The second-order valence-electron chi connectivity index (χ2n) is 6.38. The van der Waals surface area contributed by atoms with Gasteiger partial charge in [0.05, 0.1) is 5.60 Å². The number of hydrogen-bond donors (Lipinski definition) is 1. The summed E-state index contributed by atoms with van der Waals surface area (Å²) in [6.45, 7) is 6.57. The van der Waals surface area contributed by atoms with E-state index in [1.165, 1.54) is 30.4 Å². The van der Waals surface area contributed by atoms with Crippen molar-refractivity contribution in [3.8, 4) is 0 Å². The van der Waals surface area contributed by atoms with Crippen molar-refractivity contribution in [3.05, 3.63) is 35.4 Å². The lowest BCUT2D eigenvalue weighted by atomic mass is 9.87. The molecule has 0 amide bonds. The third-order valence-electron chi connectivity index (χ3n) is 4.21. The van der Waals surface area contributed by atoms with E-state index in [1.807, 2.05) is 0 Å². The normalized spacial score (nSPS) is 20.9. The number of fused-ring (bicyclic) bond motifs is 1. The SMILES string of the molecule is COC(C)(C)CC(C)NC1CCCc2ccccc21. The van der Waals surface area contributed by atoms with Gasteiger partial charge in [0, 0.05) is 19.2 Å². The van der Waals surface area contributed by atoms with Gasteiger partial charge >= 0.3 is 0 Å². The zero-order valence-corrected chi connectivity index (χ0v) is 12.7. The molecule has 2 nitrogen and oxygen atoms in total. The first-order valence-corrected chi connectivity index (χ1v) is 7.41. The molecule has 1 aliphatic rings. The van der Waals surface area contributed by atoms with Gasteiger partial charge < -0.3 is 10.1 Å². The smallest absolute Gasteiger partial charge is 0.0637 e. The highest BCUT2D eigenvalue weighted by atomic mass is 16.5. The first kappa shape index (κ1) is 14.5. The van der Waals surface area contributed by atoms with Gasteiger partial charge in [-0.3, -0.25) is 0 Å². The molecule has 0 saturated heterocycles. The largest absolute Gasteiger partial charge is 0.379 e. The highest BCUT2D eigenvalue weighted by Gasteiger charge is 2.24. The highest BCUT2D eigenvalue weighted by Crippen LogP contribution is 2.30. The zero-order chi connectivity index (χ0) is 13.9. The van der Waals surface area contributed by atoms with Crippen LogP contribution in [0.5, 0.6) is 0 Å². The summed E-state index contributed by atoms with van der Waals surface area (Å²) in [6.07, 6.45) is 4.79. The molecule has 0 bridgehead atoms. The molecule has 0 aliphatic heterocycles. The van der Waals surface area contributed by atoms with Gasteiger partial charge in [0.1, 0.15) is 0 Å². The first-order chi connectivity index (χ1) is 9.02. The predicted octanol–water partition coefficient (Wildman–Crippen LogP) is 3.86. The fourth-order valence-corrected chi connectivity index (χ4v) is 3.15. The van der Waals surface area contributed by atoms with E-state index in [0.29, 0.717) is 12.1 Å². The maximum absolute atomic E-state index is 5.53. The second-order valence-corrected chi connectivity index (χ2v) is 6.38. The maximum atomic E-state index is 5.53. The summed E-state index contributed by atoms with van der Waals surface area (Å²) in [5, 5.41) is 3.79. The lowest BCUT2D eigenvalue weighted by Gasteiger charge is -2.32. The van der Waals surface area contributed by atoms with E-state index in [2.05, 4.69) is 50.4 Å². The molecule has 1 aromatic rings. The summed E-state index contributed by atoms with van der Waals surface area (Å²) in [5.41, 5.74) is 2.96. The van der Waals surface area contributed by atoms with Crippen LogP contribution in [0.2, 0.25) is 0 Å². The summed E-state index contributed by atoms with van der Waals surface area (Å²) >= 11 is 0. The van der Waals surface area contributed by atoms with E-state index in [4.69, 9.17) is 4.74 Å². The molecule has 2 rings (SSSR count). The van der Waals surface area contributed by atoms with Gasteiger partial charge in [0.2, 0.25) is 0 Å². The fourth-order valence-electron chi connectivity index (χ4n) is 3.15. The molecule has 2 heteroatoms. The number of benzene rings is 1. The Morgan fingerprint density at radius 1 is 1.37 bits per heavy atom. The molecule has 19 heavy (non-hydrogen) atoms. The molecular weight excluding hydrogens is 234 g/mol. The van der Waals surface area contributed by atoms with Crippen LogP contribution >= 0.6 is 0 Å². The molecule has 1 N–H and O–H groups in total. The lowest BCUT2D eigenvalue weighted by molar-refractivity contribution is 0.00748. The van der Waals surface area contributed by atoms with Crippen molar-refractivity contribution < 1.29 is 4.74 Å². The second kappa shape index (κ2) is 6.06. The van der Waals surface area contributed by atoms with Crippen LogP contribution in [-0.2, 0) is 11.2 Å². The van der Waals surface area contributed by atoms with Crippen LogP contribution in [-0.4, -0.2) is 18.8 Å². The van der Waals surface area contributed by atoms with Crippen molar-refractivity contribution >= 4 is 0 Å². The Kier molecular flexibility index (Phi) is 4.64. The number of aryl methyl sites for hydroxylation is 1. The Morgan fingerprint density at radius 2 is 2.11 bits per heavy atom. The lowest BCUT2D eigenvalue weighted by Crippen LogP contribution is -2.38. The monoisotopic (exact) mass is 261 g/mol. The van der Waals surface area contributed by atoms with Crippen molar-refractivity contribution in [2.24, 2.45) is 0 Å². The number of ether oxygens (including phenoxy) is 1. The van der Waals surface area contributed by atoms with E-state index in [1.54, 1.807) is 7.11 Å². The molecule has 106 valence electrons. The van der Waals surface area contributed by atoms with Crippen LogP contribution < -0.4 is 5.32 Å². The highest BCUT2D eigenvalue weighted by molar-refractivity contribution is 5.32. The summed E-state index contributed by atoms with van der Waals surface area (Å²) in [6, 6.07) is 9.83. The van der Waals surface area contributed by atoms with Crippen LogP contribution in [0.4, 0.5) is 0 Å². The van der Waals surface area contributed by atoms with Gasteiger partial charge in [-0.15, -0.1) is 0 Å². The average Bonchev–Trinajstić information content (AvgIpc) is 2.38. The summed E-state index contributed by atoms with van der Waals surface area (Å²) in [7, 11) is 1.79. The minimum atomic E-state index is -0.0550. The van der Waals surface area contributed by atoms with E-state index >= 15 is 0 Å². The van der Waals surface area contributed by atoms with Crippen LogP contribution in [0.1, 0.15) is 57.2 Å². The van der Waals surface area contributed by atoms with E-state index < -0.39 is 0 Å². The molecule has 0 radical (unpaired) electrons. The Bertz CT molecular complexity index is 413. The molecule has 0 heterocycles. The zero-order valence-electron chi connectivity index (χ0n) is 12.7. The molecule has 0 spiro atoms. The third kappa shape index (κ3) is 3.80. The van der Waals surface area contributed by atoms with Crippen molar-refractivity contribution in [1.82, 2.24) is 5.32 Å². The number of methoxy groups -OCH3 is 1. The summed E-state index contributed by atoms with van der Waals surface area (Å²) in [5.74, 6) is 0. The van der Waals surface area contributed by atoms with Crippen molar-refractivity contribution in [1.29, 1.82) is 0 Å². The van der Waals surface area contributed by atoms with Crippen LogP contribution in [0.3, 0.4) is 0 Å². The van der Waals surface area contributed by atoms with Gasteiger partial charge in [0.15, 0.2) is 0 Å². The van der Waals surface area contributed by atoms with Crippen LogP contribution in [0.25, 0.3) is 0 Å². The Hall–Kier alpha value is -0.860. The molecule has 0 aromatic heterocycles. The molecular formula is C17H27NO. The minimum absolute atomic E-state index is 0.0550.